The molecule has 1 fully saturated rings. The second-order valence-electron chi connectivity index (χ2n) is 8.23. The lowest BCUT2D eigenvalue weighted by atomic mass is 10.1. The number of nitrogens with zero attached hydrogens (tertiary/aromatic N) is 1. The van der Waals surface area contributed by atoms with Crippen molar-refractivity contribution >= 4 is 21.8 Å². The second kappa shape index (κ2) is 8.95. The number of aromatic nitrogens is 1. The summed E-state index contributed by atoms with van der Waals surface area (Å²) in [7, 11) is -3.61. The SMILES string of the molecule is C[C@@H](NS(=O)(=O)CCCc1cnc2c(c1)C(=O)NC2=O)c1ccc(F)c(OCC2CC2)c1. The monoisotopic (exact) mass is 461 g/mol. The van der Waals surface area contributed by atoms with Crippen molar-refractivity contribution in [2.24, 2.45) is 5.92 Å². The number of fused-ring (bicyclic) bond motifs is 1. The maximum atomic E-state index is 14.0. The van der Waals surface area contributed by atoms with Crippen LogP contribution in [0.2, 0.25) is 0 Å². The molecule has 1 aliphatic heterocycles. The predicted octanol–water partition coefficient (Wildman–Crippen LogP) is 2.51. The molecule has 2 aliphatic rings. The van der Waals surface area contributed by atoms with Crippen molar-refractivity contribution in [1.29, 1.82) is 0 Å². The molecule has 2 heterocycles. The molecule has 0 saturated heterocycles. The molecular formula is C22H24FN3O5S. The minimum absolute atomic E-state index is 0.0849. The third-order valence-electron chi connectivity index (χ3n) is 5.49. The van der Waals surface area contributed by atoms with Crippen LogP contribution in [0.25, 0.3) is 0 Å². The number of pyridine rings is 1. The zero-order valence-corrected chi connectivity index (χ0v) is 18.4. The molecule has 0 radical (unpaired) electrons. The van der Waals surface area contributed by atoms with Crippen LogP contribution >= 0.6 is 0 Å². The van der Waals surface area contributed by atoms with E-state index in [9.17, 15) is 22.4 Å². The van der Waals surface area contributed by atoms with Gasteiger partial charge in [-0.05, 0) is 67.9 Å². The van der Waals surface area contributed by atoms with Gasteiger partial charge in [-0.2, -0.15) is 0 Å². The largest absolute Gasteiger partial charge is 0.490 e. The van der Waals surface area contributed by atoms with Gasteiger partial charge in [0.1, 0.15) is 5.69 Å². The Kier molecular flexibility index (Phi) is 6.25. The fourth-order valence-electron chi connectivity index (χ4n) is 3.48. The number of imide groups is 1. The number of carbonyl (C=O) groups is 2. The molecule has 2 aromatic rings. The molecule has 8 nitrogen and oxygen atoms in total. The Morgan fingerprint density at radius 3 is 2.78 bits per heavy atom. The average molecular weight is 462 g/mol. The molecule has 0 bridgehead atoms. The number of hydrogen-bond acceptors (Lipinski definition) is 6. The fourth-order valence-corrected chi connectivity index (χ4v) is 4.80. The van der Waals surface area contributed by atoms with Gasteiger partial charge in [-0.1, -0.05) is 6.07 Å². The molecule has 1 aliphatic carbocycles. The first kappa shape index (κ1) is 22.3. The lowest BCUT2D eigenvalue weighted by Gasteiger charge is -2.16. The summed E-state index contributed by atoms with van der Waals surface area (Å²) in [6, 6.07) is 5.36. The Labute approximate surface area is 185 Å². The highest BCUT2D eigenvalue weighted by atomic mass is 32.2. The third kappa shape index (κ3) is 5.31. The van der Waals surface area contributed by atoms with Gasteiger partial charge in [-0.15, -0.1) is 0 Å². The van der Waals surface area contributed by atoms with Gasteiger partial charge < -0.3 is 4.74 Å². The van der Waals surface area contributed by atoms with Gasteiger partial charge in [-0.25, -0.2) is 22.5 Å². The van der Waals surface area contributed by atoms with E-state index >= 15 is 0 Å². The number of aryl methyl sites for hydroxylation is 1. The third-order valence-corrected chi connectivity index (χ3v) is 7.03. The number of benzene rings is 1. The maximum absolute atomic E-state index is 14.0. The summed E-state index contributed by atoms with van der Waals surface area (Å²) in [5.74, 6) is -1.02. The van der Waals surface area contributed by atoms with Gasteiger partial charge in [0.05, 0.1) is 17.9 Å². The molecule has 0 unspecified atom stereocenters. The van der Waals surface area contributed by atoms with Crippen LogP contribution in [0.5, 0.6) is 5.75 Å². The van der Waals surface area contributed by atoms with Crippen molar-refractivity contribution in [2.45, 2.75) is 38.6 Å². The molecule has 2 N–H and O–H groups in total. The fraction of sp³-hybridized carbons (Fsp3) is 0.409. The van der Waals surface area contributed by atoms with Crippen molar-refractivity contribution in [2.75, 3.05) is 12.4 Å². The summed E-state index contributed by atoms with van der Waals surface area (Å²) >= 11 is 0. The number of ether oxygens (including phenoxy) is 1. The van der Waals surface area contributed by atoms with E-state index in [0.29, 0.717) is 36.5 Å². The topological polar surface area (TPSA) is 114 Å². The van der Waals surface area contributed by atoms with E-state index in [2.05, 4.69) is 15.0 Å². The zero-order valence-electron chi connectivity index (χ0n) is 17.6. The number of nitrogens with one attached hydrogen (secondary N) is 2. The van der Waals surface area contributed by atoms with Gasteiger partial charge in [0.25, 0.3) is 11.8 Å². The Bertz CT molecular complexity index is 1160. The van der Waals surface area contributed by atoms with Gasteiger partial charge in [0, 0.05) is 12.2 Å². The summed E-state index contributed by atoms with van der Waals surface area (Å²) < 4.78 is 47.2. The molecule has 32 heavy (non-hydrogen) atoms. The summed E-state index contributed by atoms with van der Waals surface area (Å²) in [5, 5.41) is 2.17. The van der Waals surface area contributed by atoms with E-state index < -0.39 is 33.7 Å². The highest BCUT2D eigenvalue weighted by Crippen LogP contribution is 2.31. The maximum Gasteiger partial charge on any atom is 0.277 e. The van der Waals surface area contributed by atoms with Crippen LogP contribution in [0.15, 0.2) is 30.5 Å². The second-order valence-corrected chi connectivity index (χ2v) is 10.1. The molecular weight excluding hydrogens is 437 g/mol. The molecule has 4 rings (SSSR count). The van der Waals surface area contributed by atoms with Crippen LogP contribution in [0.1, 0.15) is 64.2 Å². The molecule has 2 amide bonds. The quantitative estimate of drug-likeness (QED) is 0.526. The van der Waals surface area contributed by atoms with Crippen molar-refractivity contribution in [1.82, 2.24) is 15.0 Å². The summed E-state index contributed by atoms with van der Waals surface area (Å²) in [6.45, 7) is 2.16. The molecule has 1 saturated carbocycles. The van der Waals surface area contributed by atoms with Crippen molar-refractivity contribution in [3.8, 4) is 5.75 Å². The normalized spacial score (nSPS) is 16.6. The number of halogens is 1. The molecule has 1 aromatic carbocycles. The highest BCUT2D eigenvalue weighted by molar-refractivity contribution is 7.89. The first-order valence-electron chi connectivity index (χ1n) is 10.5. The number of rotatable bonds is 10. The number of amides is 2. The summed E-state index contributed by atoms with van der Waals surface area (Å²) in [4.78, 5) is 27.3. The lowest BCUT2D eigenvalue weighted by Crippen LogP contribution is -2.29. The highest BCUT2D eigenvalue weighted by Gasteiger charge is 2.28. The lowest BCUT2D eigenvalue weighted by molar-refractivity contribution is 0.0878. The van der Waals surface area contributed by atoms with Gasteiger partial charge in [0.15, 0.2) is 11.6 Å². The summed E-state index contributed by atoms with van der Waals surface area (Å²) in [6.07, 6.45) is 4.33. The van der Waals surface area contributed by atoms with E-state index in [4.69, 9.17) is 4.74 Å². The van der Waals surface area contributed by atoms with E-state index in [1.54, 1.807) is 13.0 Å². The standard InChI is InChI=1S/C22H24FN3O5S/c1-13(16-6-7-18(23)19(10-16)31-12-14-4-5-14)26-32(29,30)8-2-3-15-9-17-20(24-11-15)22(28)25-21(17)27/h6-7,9-11,13-14,26H,2-5,8,12H2,1H3,(H,25,27,28)/t13-/m1/s1. The summed E-state index contributed by atoms with van der Waals surface area (Å²) in [5.41, 5.74) is 1.58. The Morgan fingerprint density at radius 2 is 2.03 bits per heavy atom. The molecule has 1 atom stereocenters. The van der Waals surface area contributed by atoms with Crippen LogP contribution in [-0.2, 0) is 16.4 Å². The minimum Gasteiger partial charge on any atom is -0.490 e. The molecule has 170 valence electrons. The Balaban J connectivity index is 1.32. The van der Waals surface area contributed by atoms with Crippen LogP contribution < -0.4 is 14.8 Å². The first-order valence-corrected chi connectivity index (χ1v) is 12.1. The molecule has 10 heteroatoms. The number of hydrogen-bond donors (Lipinski definition) is 2. The smallest absolute Gasteiger partial charge is 0.277 e. The average Bonchev–Trinajstić information content (AvgIpc) is 3.52. The van der Waals surface area contributed by atoms with Crippen LogP contribution in [0.4, 0.5) is 4.39 Å². The van der Waals surface area contributed by atoms with Gasteiger partial charge in [-0.3, -0.25) is 14.9 Å². The van der Waals surface area contributed by atoms with E-state index in [0.717, 1.165) is 12.8 Å². The van der Waals surface area contributed by atoms with Crippen molar-refractivity contribution < 1.29 is 27.1 Å². The van der Waals surface area contributed by atoms with Crippen molar-refractivity contribution in [3.05, 3.63) is 58.7 Å². The molecule has 1 aromatic heterocycles. The van der Waals surface area contributed by atoms with Crippen molar-refractivity contribution in [3.63, 3.8) is 0 Å². The van der Waals surface area contributed by atoms with Gasteiger partial charge >= 0.3 is 0 Å². The predicted molar refractivity (Wildman–Crippen MR) is 114 cm³/mol. The van der Waals surface area contributed by atoms with Gasteiger partial charge in [0.2, 0.25) is 10.0 Å². The Hall–Kier alpha value is -2.85. The molecule has 0 spiro atoms. The number of carbonyl (C=O) groups excluding carboxylic acids is 2. The van der Waals surface area contributed by atoms with Crippen LogP contribution in [0.3, 0.4) is 0 Å². The van der Waals surface area contributed by atoms with E-state index in [1.807, 2.05) is 0 Å². The Morgan fingerprint density at radius 1 is 1.25 bits per heavy atom. The number of sulfonamides is 1. The van der Waals surface area contributed by atoms with Crippen LogP contribution in [-0.4, -0.2) is 37.6 Å². The zero-order chi connectivity index (χ0) is 22.9. The minimum atomic E-state index is -3.61. The van der Waals surface area contributed by atoms with Crippen LogP contribution in [0, 0.1) is 11.7 Å². The van der Waals surface area contributed by atoms with E-state index in [-0.39, 0.29) is 22.8 Å². The van der Waals surface area contributed by atoms with E-state index in [1.165, 1.54) is 24.4 Å². The first-order chi connectivity index (χ1) is 15.2.